The van der Waals surface area contributed by atoms with Gasteiger partial charge in [-0.2, -0.15) is 13.2 Å². The van der Waals surface area contributed by atoms with Crippen LogP contribution >= 0.6 is 27.3 Å². The van der Waals surface area contributed by atoms with Crippen LogP contribution in [0.3, 0.4) is 0 Å². The van der Waals surface area contributed by atoms with Crippen molar-refractivity contribution in [3.63, 3.8) is 0 Å². The van der Waals surface area contributed by atoms with E-state index in [9.17, 15) is 13.2 Å². The van der Waals surface area contributed by atoms with Crippen LogP contribution in [-0.2, 0) is 6.18 Å². The molecule has 3 nitrogen and oxygen atoms in total. The summed E-state index contributed by atoms with van der Waals surface area (Å²) in [5, 5.41) is 5.21. The lowest BCUT2D eigenvalue weighted by Crippen LogP contribution is -2.03. The average molecular weight is 339 g/mol. The van der Waals surface area contributed by atoms with Gasteiger partial charge < -0.3 is 4.74 Å². The van der Waals surface area contributed by atoms with Crippen molar-refractivity contribution in [3.8, 4) is 10.9 Å². The zero-order valence-corrected chi connectivity index (χ0v) is 11.4. The fourth-order valence-corrected chi connectivity index (χ4v) is 2.30. The summed E-state index contributed by atoms with van der Waals surface area (Å²) in [6.07, 6.45) is -4.50. The van der Waals surface area contributed by atoms with Gasteiger partial charge in [-0.05, 0) is 40.5 Å². The summed E-state index contributed by atoms with van der Waals surface area (Å²) in [6.45, 7) is 1.89. The predicted octanol–water partition coefficient (Wildman–Crippen LogP) is 4.42. The Morgan fingerprint density at radius 1 is 1.28 bits per heavy atom. The molecule has 0 aliphatic carbocycles. The average Bonchev–Trinajstić information content (AvgIpc) is 2.70. The minimum atomic E-state index is -4.50. The number of rotatable bonds is 2. The molecule has 2 rings (SSSR count). The Kier molecular flexibility index (Phi) is 3.58. The van der Waals surface area contributed by atoms with E-state index < -0.39 is 11.2 Å². The molecule has 0 amide bonds. The maximum atomic E-state index is 12.3. The van der Waals surface area contributed by atoms with Gasteiger partial charge in [-0.15, -0.1) is 5.10 Å². The maximum absolute atomic E-state index is 12.3. The molecule has 18 heavy (non-hydrogen) atoms. The van der Waals surface area contributed by atoms with Crippen LogP contribution < -0.4 is 4.74 Å². The van der Waals surface area contributed by atoms with E-state index in [2.05, 4.69) is 26.1 Å². The number of alkyl halides is 3. The Labute approximate surface area is 113 Å². The van der Waals surface area contributed by atoms with Crippen LogP contribution in [0.25, 0.3) is 0 Å². The summed E-state index contributed by atoms with van der Waals surface area (Å²) < 4.78 is 42.8. The van der Waals surface area contributed by atoms with Crippen LogP contribution in [0.2, 0.25) is 0 Å². The van der Waals surface area contributed by atoms with Crippen molar-refractivity contribution < 1.29 is 17.9 Å². The molecule has 0 spiro atoms. The molecular formula is C10H6BrF3N2OS. The zero-order chi connectivity index (χ0) is 13.3. The van der Waals surface area contributed by atoms with Gasteiger partial charge in [0.2, 0.25) is 5.01 Å². The minimum absolute atomic E-state index is 0.146. The second-order valence-corrected chi connectivity index (χ2v) is 5.20. The van der Waals surface area contributed by atoms with E-state index in [1.807, 2.05) is 6.92 Å². The quantitative estimate of drug-likeness (QED) is 0.812. The Balaban J connectivity index is 2.21. The van der Waals surface area contributed by atoms with Crippen molar-refractivity contribution in [3.05, 3.63) is 33.2 Å². The van der Waals surface area contributed by atoms with Crippen molar-refractivity contribution in [2.45, 2.75) is 13.1 Å². The normalized spacial score (nSPS) is 11.6. The molecule has 0 atom stereocenters. The first-order chi connectivity index (χ1) is 8.36. The van der Waals surface area contributed by atoms with Crippen LogP contribution in [-0.4, -0.2) is 10.2 Å². The van der Waals surface area contributed by atoms with Crippen molar-refractivity contribution in [2.24, 2.45) is 0 Å². The Morgan fingerprint density at radius 2 is 2.00 bits per heavy atom. The molecule has 0 unspecified atom stereocenters. The molecule has 0 saturated carbocycles. The summed E-state index contributed by atoms with van der Waals surface area (Å²) >= 11 is 3.62. The third-order valence-corrected chi connectivity index (χ3v) is 3.40. The summed E-state index contributed by atoms with van der Waals surface area (Å²) in [7, 11) is 0. The summed E-state index contributed by atoms with van der Waals surface area (Å²) in [5.74, 6) is 0.394. The molecule has 0 fully saturated rings. The fraction of sp³-hybridized carbons (Fsp3) is 0.200. The highest BCUT2D eigenvalue weighted by atomic mass is 79.9. The van der Waals surface area contributed by atoms with Gasteiger partial charge in [-0.3, -0.25) is 0 Å². The summed E-state index contributed by atoms with van der Waals surface area (Å²) in [6, 6.07) is 5.22. The number of aromatic nitrogens is 2. The second-order valence-electron chi connectivity index (χ2n) is 3.41. The van der Waals surface area contributed by atoms with Gasteiger partial charge in [-0.25, -0.2) is 0 Å². The van der Waals surface area contributed by atoms with Crippen LogP contribution in [0.1, 0.15) is 10.6 Å². The van der Waals surface area contributed by atoms with Gasteiger partial charge >= 0.3 is 6.18 Å². The van der Waals surface area contributed by atoms with E-state index in [1.54, 1.807) is 18.2 Å². The molecule has 1 aromatic carbocycles. The third-order valence-electron chi connectivity index (χ3n) is 1.93. The molecule has 2 aromatic rings. The highest BCUT2D eigenvalue weighted by Crippen LogP contribution is 2.37. The number of hydrogen-bond donors (Lipinski definition) is 0. The molecular weight excluding hydrogens is 333 g/mol. The van der Waals surface area contributed by atoms with Gasteiger partial charge in [0, 0.05) is 0 Å². The second kappa shape index (κ2) is 4.85. The maximum Gasteiger partial charge on any atom is 0.445 e. The first-order valence-corrected chi connectivity index (χ1v) is 6.32. The first-order valence-electron chi connectivity index (χ1n) is 4.71. The number of benzene rings is 1. The standard InChI is InChI=1S/C10H6BrF3N2OS/c1-5-2-3-7(6(11)4-5)17-9-16-15-8(18-9)10(12,13)14/h2-4H,1H3. The lowest BCUT2D eigenvalue weighted by atomic mass is 10.2. The SMILES string of the molecule is Cc1ccc(Oc2nnc(C(F)(F)F)s2)c(Br)c1. The van der Waals surface area contributed by atoms with Crippen LogP contribution in [0.4, 0.5) is 13.2 Å². The lowest BCUT2D eigenvalue weighted by molar-refractivity contribution is -0.138. The van der Waals surface area contributed by atoms with E-state index in [0.29, 0.717) is 21.6 Å². The molecule has 1 aromatic heterocycles. The number of halogens is 4. The van der Waals surface area contributed by atoms with Gasteiger partial charge in [0.25, 0.3) is 5.19 Å². The third kappa shape index (κ3) is 2.99. The molecule has 96 valence electrons. The summed E-state index contributed by atoms with van der Waals surface area (Å²) in [5.41, 5.74) is 1.00. The zero-order valence-electron chi connectivity index (χ0n) is 8.95. The topological polar surface area (TPSA) is 35.0 Å². The molecule has 0 N–H and O–H groups in total. The van der Waals surface area contributed by atoms with Gasteiger partial charge in [0.05, 0.1) is 4.47 Å². The van der Waals surface area contributed by atoms with Crippen molar-refractivity contribution in [1.82, 2.24) is 10.2 Å². The van der Waals surface area contributed by atoms with E-state index in [4.69, 9.17) is 4.74 Å². The molecule has 0 aliphatic rings. The van der Waals surface area contributed by atoms with Crippen LogP contribution in [0.5, 0.6) is 10.9 Å². The Morgan fingerprint density at radius 3 is 2.56 bits per heavy atom. The van der Waals surface area contributed by atoms with E-state index in [0.717, 1.165) is 5.56 Å². The van der Waals surface area contributed by atoms with Crippen molar-refractivity contribution in [2.75, 3.05) is 0 Å². The molecule has 0 saturated heterocycles. The monoisotopic (exact) mass is 338 g/mol. The van der Waals surface area contributed by atoms with Gasteiger partial charge in [0.1, 0.15) is 5.75 Å². The van der Waals surface area contributed by atoms with Crippen LogP contribution in [0.15, 0.2) is 22.7 Å². The molecule has 0 radical (unpaired) electrons. The van der Waals surface area contributed by atoms with E-state index in [-0.39, 0.29) is 5.19 Å². The Hall–Kier alpha value is -1.15. The number of ether oxygens (including phenoxy) is 1. The number of nitrogens with zero attached hydrogens (tertiary/aromatic N) is 2. The van der Waals surface area contributed by atoms with E-state index >= 15 is 0 Å². The molecule has 0 bridgehead atoms. The Bertz CT molecular complexity index is 570. The number of aryl methyl sites for hydroxylation is 1. The molecule has 0 aliphatic heterocycles. The largest absolute Gasteiger partial charge is 0.445 e. The van der Waals surface area contributed by atoms with Crippen LogP contribution in [0, 0.1) is 6.92 Å². The predicted molar refractivity (Wildman–Crippen MR) is 63.9 cm³/mol. The number of hydrogen-bond acceptors (Lipinski definition) is 4. The molecule has 1 heterocycles. The first kappa shape index (κ1) is 13.3. The van der Waals surface area contributed by atoms with Crippen molar-refractivity contribution >= 4 is 27.3 Å². The van der Waals surface area contributed by atoms with E-state index in [1.165, 1.54) is 0 Å². The van der Waals surface area contributed by atoms with Gasteiger partial charge in [-0.1, -0.05) is 22.5 Å². The summed E-state index contributed by atoms with van der Waals surface area (Å²) in [4.78, 5) is 0. The highest BCUT2D eigenvalue weighted by Gasteiger charge is 2.36. The minimum Gasteiger partial charge on any atom is -0.429 e. The van der Waals surface area contributed by atoms with Gasteiger partial charge in [0.15, 0.2) is 0 Å². The fourth-order valence-electron chi connectivity index (χ4n) is 1.15. The van der Waals surface area contributed by atoms with Crippen molar-refractivity contribution in [1.29, 1.82) is 0 Å². The highest BCUT2D eigenvalue weighted by molar-refractivity contribution is 9.10. The lowest BCUT2D eigenvalue weighted by Gasteiger charge is -2.04. The smallest absolute Gasteiger partial charge is 0.429 e. The molecule has 8 heteroatoms.